The number of ether oxygens (including phenoxy) is 4. The molecule has 0 saturated heterocycles. The number of benzene rings is 4. The van der Waals surface area contributed by atoms with Gasteiger partial charge in [-0.2, -0.15) is 0 Å². The number of hydrogen-bond acceptors (Lipinski definition) is 16. The summed E-state index contributed by atoms with van der Waals surface area (Å²) in [6.07, 6.45) is 9.58. The Morgan fingerprint density at radius 1 is 0.351 bits per heavy atom. The number of amides is 4. The van der Waals surface area contributed by atoms with E-state index in [0.717, 1.165) is 22.3 Å². The number of nitrogens with two attached hydrogens (primary N) is 4. The van der Waals surface area contributed by atoms with E-state index in [9.17, 15) is 19.2 Å². The van der Waals surface area contributed by atoms with Gasteiger partial charge >= 0.3 is 0 Å². The standard InChI is InChI=1S/C53H60N16O8/c54-49(70)21-9-41-29-66(62-58-41)25-37-1-13-45(14-2-37)74-33-53(34-75-46-15-3-38(4-16-46)26-67-30-42(59-63-67)10-22-50(55)71,35-76-47-17-5-39(6-18-47)27-68-31-43(60-64-68)11-23-51(56)72)36-77-48-19-7-40(8-20-48)28-69-32-44(61-65-69)12-24-52(57)73/h1-8,13-20,29-32H,9-12,21-28,33-36H2,(H2,54,70)(H2,55,71)(H2,56,72)(H2,57,73). The maximum absolute atomic E-state index is 11.3. The summed E-state index contributed by atoms with van der Waals surface area (Å²) in [6.45, 7) is 2.21. The molecule has 24 heteroatoms. The van der Waals surface area contributed by atoms with Crippen molar-refractivity contribution < 1.29 is 38.1 Å². The van der Waals surface area contributed by atoms with Gasteiger partial charge in [-0.25, -0.2) is 18.7 Å². The molecule has 0 unspecified atom stereocenters. The van der Waals surface area contributed by atoms with Crippen LogP contribution in [0, 0.1) is 5.41 Å². The summed E-state index contributed by atoms with van der Waals surface area (Å²) in [5.41, 5.74) is 26.8. The monoisotopic (exact) mass is 1050 g/mol. The van der Waals surface area contributed by atoms with Gasteiger partial charge in [-0.1, -0.05) is 69.4 Å². The average molecular weight is 1050 g/mol. The number of nitrogens with zero attached hydrogens (tertiary/aromatic N) is 12. The molecular formula is C53H60N16O8. The van der Waals surface area contributed by atoms with Crippen LogP contribution in [0.3, 0.4) is 0 Å². The molecule has 0 radical (unpaired) electrons. The van der Waals surface area contributed by atoms with E-state index in [1.54, 1.807) is 43.5 Å². The van der Waals surface area contributed by atoms with E-state index in [0.29, 0.717) is 97.6 Å². The van der Waals surface area contributed by atoms with Crippen molar-refractivity contribution in [1.82, 2.24) is 60.0 Å². The van der Waals surface area contributed by atoms with Gasteiger partial charge in [0.2, 0.25) is 23.6 Å². The molecule has 0 aliphatic heterocycles. The van der Waals surface area contributed by atoms with E-state index < -0.39 is 29.0 Å². The van der Waals surface area contributed by atoms with Gasteiger partial charge in [0.1, 0.15) is 54.8 Å². The SMILES string of the molecule is NC(=O)CCc1cn(Cc2ccc(OCC(COc3ccc(Cn4cc(CCC(N)=O)nn4)cc3)(COc3ccc(Cn4cc(CCC(N)=O)nn4)cc3)COc3ccc(Cn4cc(CCC(N)=O)nn4)cc3)cc2)nn1. The average Bonchev–Trinajstić information content (AvgIpc) is 4.27. The second-order valence-electron chi connectivity index (χ2n) is 18.7. The fourth-order valence-corrected chi connectivity index (χ4v) is 7.83. The summed E-state index contributed by atoms with van der Waals surface area (Å²) in [5, 5.41) is 33.5. The third kappa shape index (κ3) is 17.3. The van der Waals surface area contributed by atoms with Crippen LogP contribution in [-0.2, 0) is 71.0 Å². The molecule has 400 valence electrons. The zero-order valence-electron chi connectivity index (χ0n) is 42.3. The fourth-order valence-electron chi connectivity index (χ4n) is 7.83. The Morgan fingerprint density at radius 3 is 0.753 bits per heavy atom. The summed E-state index contributed by atoms with van der Waals surface area (Å²) in [5.74, 6) is 0.787. The van der Waals surface area contributed by atoms with Crippen molar-refractivity contribution in [2.24, 2.45) is 28.3 Å². The van der Waals surface area contributed by atoms with Crippen molar-refractivity contribution in [1.29, 1.82) is 0 Å². The number of carbonyl (C=O) groups is 4. The Bertz CT molecular complexity index is 2760. The van der Waals surface area contributed by atoms with Crippen LogP contribution in [0.5, 0.6) is 23.0 Å². The predicted octanol–water partition coefficient (Wildman–Crippen LogP) is 2.52. The minimum absolute atomic E-state index is 0.103. The molecule has 0 spiro atoms. The van der Waals surface area contributed by atoms with Gasteiger partial charge in [0, 0.05) is 76.2 Å². The van der Waals surface area contributed by atoms with E-state index in [-0.39, 0.29) is 52.1 Å². The minimum Gasteiger partial charge on any atom is -0.493 e. The Labute approximate surface area is 442 Å². The number of rotatable bonds is 32. The first-order chi connectivity index (χ1) is 37.3. The van der Waals surface area contributed by atoms with Gasteiger partial charge in [-0.3, -0.25) is 19.2 Å². The van der Waals surface area contributed by atoms with Gasteiger partial charge in [0.25, 0.3) is 0 Å². The molecule has 0 bridgehead atoms. The molecule has 8 rings (SSSR count). The zero-order valence-corrected chi connectivity index (χ0v) is 42.3. The van der Waals surface area contributed by atoms with Crippen LogP contribution < -0.4 is 41.9 Å². The molecule has 8 aromatic rings. The smallest absolute Gasteiger partial charge is 0.217 e. The molecule has 24 nitrogen and oxygen atoms in total. The van der Waals surface area contributed by atoms with Gasteiger partial charge in [0.15, 0.2) is 0 Å². The van der Waals surface area contributed by atoms with Crippen LogP contribution in [0.4, 0.5) is 0 Å². The molecule has 4 aromatic carbocycles. The fraction of sp³-hybridized carbons (Fsp3) is 0.321. The highest BCUT2D eigenvalue weighted by Gasteiger charge is 2.36. The van der Waals surface area contributed by atoms with Crippen molar-refractivity contribution in [3.63, 3.8) is 0 Å². The first-order valence-corrected chi connectivity index (χ1v) is 24.8. The summed E-state index contributed by atoms with van der Waals surface area (Å²) >= 11 is 0. The highest BCUT2D eigenvalue weighted by Crippen LogP contribution is 2.28. The van der Waals surface area contributed by atoms with Crippen LogP contribution in [0.25, 0.3) is 0 Å². The number of aromatic nitrogens is 12. The van der Waals surface area contributed by atoms with E-state index in [1.807, 2.05) is 97.1 Å². The normalized spacial score (nSPS) is 11.3. The first-order valence-electron chi connectivity index (χ1n) is 24.8. The molecule has 77 heavy (non-hydrogen) atoms. The second kappa shape index (κ2) is 26.1. The first kappa shape index (κ1) is 53.8. The molecule has 0 atom stereocenters. The molecule has 0 saturated carbocycles. The molecular weight excluding hydrogens is 989 g/mol. The van der Waals surface area contributed by atoms with E-state index in [4.69, 9.17) is 41.9 Å². The molecule has 4 aromatic heterocycles. The lowest BCUT2D eigenvalue weighted by atomic mass is 9.92. The Balaban J connectivity index is 1.01. The Hall–Kier alpha value is -9.48. The molecule has 4 amide bonds. The van der Waals surface area contributed by atoms with Crippen molar-refractivity contribution >= 4 is 23.6 Å². The summed E-state index contributed by atoms with van der Waals surface area (Å²) in [6, 6.07) is 30.6. The molecule has 0 aliphatic carbocycles. The Morgan fingerprint density at radius 2 is 0.558 bits per heavy atom. The van der Waals surface area contributed by atoms with Crippen molar-refractivity contribution in [3.05, 3.63) is 167 Å². The van der Waals surface area contributed by atoms with Crippen molar-refractivity contribution in [3.8, 4) is 23.0 Å². The quantitative estimate of drug-likeness (QED) is 0.0471. The van der Waals surface area contributed by atoms with Crippen LogP contribution in [-0.4, -0.2) is 110 Å². The van der Waals surface area contributed by atoms with Crippen molar-refractivity contribution in [2.45, 2.75) is 77.5 Å². The van der Waals surface area contributed by atoms with Crippen LogP contribution in [0.2, 0.25) is 0 Å². The summed E-state index contributed by atoms with van der Waals surface area (Å²) in [7, 11) is 0. The van der Waals surface area contributed by atoms with Gasteiger partial charge in [0.05, 0.1) is 49.0 Å². The molecule has 0 aliphatic rings. The highest BCUT2D eigenvalue weighted by molar-refractivity contribution is 5.75. The predicted molar refractivity (Wildman–Crippen MR) is 277 cm³/mol. The van der Waals surface area contributed by atoms with E-state index in [2.05, 4.69) is 41.2 Å². The minimum atomic E-state index is -0.942. The number of hydrogen-bond donors (Lipinski definition) is 4. The topological polar surface area (TPSA) is 332 Å². The molecule has 0 fully saturated rings. The second-order valence-corrected chi connectivity index (χ2v) is 18.7. The number of aryl methyl sites for hydroxylation is 4. The molecule has 4 heterocycles. The number of carbonyl (C=O) groups excluding carboxylic acids is 4. The Kier molecular flexibility index (Phi) is 18.3. The third-order valence-electron chi connectivity index (χ3n) is 12.1. The lowest BCUT2D eigenvalue weighted by molar-refractivity contribution is -0.118. The maximum atomic E-state index is 11.3. The highest BCUT2D eigenvalue weighted by atomic mass is 16.5. The summed E-state index contributed by atoms with van der Waals surface area (Å²) in [4.78, 5) is 45.2. The summed E-state index contributed by atoms with van der Waals surface area (Å²) < 4.78 is 33.3. The van der Waals surface area contributed by atoms with Crippen LogP contribution in [0.1, 0.15) is 70.7 Å². The number of primary amides is 4. The van der Waals surface area contributed by atoms with Gasteiger partial charge in [-0.15, -0.1) is 20.4 Å². The zero-order chi connectivity index (χ0) is 54.0. The van der Waals surface area contributed by atoms with Crippen molar-refractivity contribution in [2.75, 3.05) is 26.4 Å². The van der Waals surface area contributed by atoms with Crippen LogP contribution in [0.15, 0.2) is 122 Å². The van der Waals surface area contributed by atoms with E-state index >= 15 is 0 Å². The third-order valence-corrected chi connectivity index (χ3v) is 12.1. The van der Waals surface area contributed by atoms with Crippen LogP contribution >= 0.6 is 0 Å². The maximum Gasteiger partial charge on any atom is 0.217 e. The lowest BCUT2D eigenvalue weighted by Crippen LogP contribution is -2.45. The van der Waals surface area contributed by atoms with E-state index in [1.165, 1.54) is 0 Å². The van der Waals surface area contributed by atoms with Gasteiger partial charge < -0.3 is 41.9 Å². The largest absolute Gasteiger partial charge is 0.493 e. The molecule has 8 N–H and O–H groups in total. The lowest BCUT2D eigenvalue weighted by Gasteiger charge is -2.33. The van der Waals surface area contributed by atoms with Gasteiger partial charge in [-0.05, 0) is 70.8 Å².